The van der Waals surface area contributed by atoms with Crippen molar-refractivity contribution in [2.75, 3.05) is 25.0 Å². The van der Waals surface area contributed by atoms with Crippen LogP contribution in [-0.4, -0.2) is 40.4 Å². The first-order valence-corrected chi connectivity index (χ1v) is 10.6. The molecule has 0 aliphatic carbocycles. The lowest BCUT2D eigenvalue weighted by Crippen LogP contribution is -2.43. The van der Waals surface area contributed by atoms with E-state index in [9.17, 15) is 9.18 Å². The largest absolute Gasteiger partial charge is 0.492 e. The van der Waals surface area contributed by atoms with Crippen LogP contribution in [0.5, 0.6) is 5.75 Å². The molecule has 2 aromatic carbocycles. The molecule has 8 heteroatoms. The smallest absolute Gasteiger partial charge is 0.321 e. The first-order valence-electron chi connectivity index (χ1n) is 10.3. The number of benzene rings is 2. The van der Waals surface area contributed by atoms with Gasteiger partial charge in [-0.15, -0.1) is 0 Å². The van der Waals surface area contributed by atoms with E-state index >= 15 is 0 Å². The third kappa shape index (κ3) is 5.76. The number of nitrogens with one attached hydrogen (secondary N) is 1. The van der Waals surface area contributed by atoms with E-state index in [1.54, 1.807) is 40.2 Å². The molecular formula is C23H24ClFN4O2. The van der Waals surface area contributed by atoms with Crippen LogP contribution < -0.4 is 10.1 Å². The lowest BCUT2D eigenvalue weighted by molar-refractivity contribution is 0.145. The van der Waals surface area contributed by atoms with Crippen LogP contribution in [-0.2, 0) is 6.54 Å². The van der Waals surface area contributed by atoms with Crippen molar-refractivity contribution >= 4 is 23.3 Å². The summed E-state index contributed by atoms with van der Waals surface area (Å²) in [7, 11) is 0. The molecule has 1 aliphatic rings. The minimum atomic E-state index is -0.269. The van der Waals surface area contributed by atoms with Crippen LogP contribution in [0.2, 0.25) is 5.02 Å². The number of hydrogen-bond acceptors (Lipinski definition) is 3. The van der Waals surface area contributed by atoms with Crippen LogP contribution in [0.1, 0.15) is 18.4 Å². The van der Waals surface area contributed by atoms with E-state index in [0.29, 0.717) is 42.7 Å². The number of halogens is 2. The predicted molar refractivity (Wildman–Crippen MR) is 118 cm³/mol. The van der Waals surface area contributed by atoms with Gasteiger partial charge in [0.2, 0.25) is 0 Å². The summed E-state index contributed by atoms with van der Waals surface area (Å²) in [5, 5.41) is 7.78. The van der Waals surface area contributed by atoms with Gasteiger partial charge in [0, 0.05) is 25.2 Å². The number of likely N-dealkylation sites (tertiary alicyclic amines) is 1. The monoisotopic (exact) mass is 442 g/mol. The SMILES string of the molecule is O=C(Nc1cnn(Cc2ccc(F)cc2)c1)N1CCCC(COc2ccccc2Cl)C1. The van der Waals surface area contributed by atoms with E-state index in [1.165, 1.54) is 12.1 Å². The number of rotatable bonds is 6. The summed E-state index contributed by atoms with van der Waals surface area (Å²) in [5.74, 6) is 0.644. The average Bonchev–Trinajstić information content (AvgIpc) is 3.21. The van der Waals surface area contributed by atoms with E-state index in [1.807, 2.05) is 18.2 Å². The zero-order chi connectivity index (χ0) is 21.6. The molecule has 1 unspecified atom stereocenters. The maximum Gasteiger partial charge on any atom is 0.321 e. The fourth-order valence-electron chi connectivity index (χ4n) is 3.65. The molecule has 162 valence electrons. The number of amides is 2. The number of piperidine rings is 1. The predicted octanol–water partition coefficient (Wildman–Crippen LogP) is 5.05. The molecule has 1 aliphatic heterocycles. The summed E-state index contributed by atoms with van der Waals surface area (Å²) in [4.78, 5) is 14.5. The van der Waals surface area contributed by atoms with Crippen LogP contribution >= 0.6 is 11.6 Å². The van der Waals surface area contributed by atoms with Crippen LogP contribution in [0, 0.1) is 11.7 Å². The number of aromatic nitrogens is 2. The average molecular weight is 443 g/mol. The summed E-state index contributed by atoms with van der Waals surface area (Å²) in [6, 6.07) is 13.5. The van der Waals surface area contributed by atoms with Crippen LogP contribution in [0.25, 0.3) is 0 Å². The van der Waals surface area contributed by atoms with Gasteiger partial charge in [-0.1, -0.05) is 35.9 Å². The van der Waals surface area contributed by atoms with Crippen molar-refractivity contribution in [2.24, 2.45) is 5.92 Å². The van der Waals surface area contributed by atoms with Crippen molar-refractivity contribution in [3.8, 4) is 5.75 Å². The highest BCUT2D eigenvalue weighted by Crippen LogP contribution is 2.25. The highest BCUT2D eigenvalue weighted by Gasteiger charge is 2.24. The summed E-state index contributed by atoms with van der Waals surface area (Å²) >= 11 is 6.15. The van der Waals surface area contributed by atoms with Gasteiger partial charge in [-0.3, -0.25) is 4.68 Å². The first-order chi connectivity index (χ1) is 15.1. The minimum absolute atomic E-state index is 0.149. The lowest BCUT2D eigenvalue weighted by Gasteiger charge is -2.32. The van der Waals surface area contributed by atoms with Crippen molar-refractivity contribution in [3.63, 3.8) is 0 Å². The Morgan fingerprint density at radius 2 is 2.03 bits per heavy atom. The number of urea groups is 1. The van der Waals surface area contributed by atoms with E-state index in [2.05, 4.69) is 10.4 Å². The molecule has 1 fully saturated rings. The third-order valence-corrected chi connectivity index (χ3v) is 5.57. The minimum Gasteiger partial charge on any atom is -0.492 e. The van der Waals surface area contributed by atoms with Crippen molar-refractivity contribution < 1.29 is 13.9 Å². The molecule has 1 saturated heterocycles. The van der Waals surface area contributed by atoms with Gasteiger partial charge in [-0.05, 0) is 42.7 Å². The van der Waals surface area contributed by atoms with Crippen LogP contribution in [0.3, 0.4) is 0 Å². The Balaban J connectivity index is 1.28. The van der Waals surface area contributed by atoms with E-state index in [0.717, 1.165) is 18.4 Å². The van der Waals surface area contributed by atoms with Gasteiger partial charge in [0.15, 0.2) is 0 Å². The highest BCUT2D eigenvalue weighted by atomic mass is 35.5. The highest BCUT2D eigenvalue weighted by molar-refractivity contribution is 6.32. The quantitative estimate of drug-likeness (QED) is 0.581. The van der Waals surface area contributed by atoms with E-state index in [-0.39, 0.29) is 17.8 Å². The fraction of sp³-hybridized carbons (Fsp3) is 0.304. The summed E-state index contributed by atoms with van der Waals surface area (Å²) in [5.41, 5.74) is 1.56. The third-order valence-electron chi connectivity index (χ3n) is 5.26. The zero-order valence-electron chi connectivity index (χ0n) is 17.0. The van der Waals surface area contributed by atoms with Crippen LogP contribution in [0.15, 0.2) is 60.9 Å². The van der Waals surface area contributed by atoms with Crippen molar-refractivity contribution in [1.29, 1.82) is 0 Å². The Bertz CT molecular complexity index is 1020. The molecule has 2 amide bonds. The molecule has 6 nitrogen and oxygen atoms in total. The molecule has 2 heterocycles. The summed E-state index contributed by atoms with van der Waals surface area (Å²) in [6.07, 6.45) is 5.31. The first kappa shape index (κ1) is 21.2. The van der Waals surface area contributed by atoms with E-state index in [4.69, 9.17) is 16.3 Å². The molecule has 4 rings (SSSR count). The Morgan fingerprint density at radius 3 is 2.84 bits per heavy atom. The van der Waals surface area contributed by atoms with Gasteiger partial charge in [-0.2, -0.15) is 5.10 Å². The molecule has 0 bridgehead atoms. The molecule has 3 aromatic rings. The second-order valence-electron chi connectivity index (χ2n) is 7.68. The number of para-hydroxylation sites is 1. The van der Waals surface area contributed by atoms with Gasteiger partial charge in [0.25, 0.3) is 0 Å². The Labute approximate surface area is 185 Å². The number of hydrogen-bond donors (Lipinski definition) is 1. The van der Waals surface area contributed by atoms with Crippen molar-refractivity contribution in [3.05, 3.63) is 77.3 Å². The number of nitrogens with zero attached hydrogens (tertiary/aromatic N) is 3. The second kappa shape index (κ2) is 9.83. The maximum absolute atomic E-state index is 13.0. The molecular weight excluding hydrogens is 419 g/mol. The standard InChI is InChI=1S/C23H24ClFN4O2/c24-21-5-1-2-6-22(21)31-16-18-4-3-11-28(13-18)23(30)27-20-12-26-29(15-20)14-17-7-9-19(25)10-8-17/h1-2,5-10,12,15,18H,3-4,11,13-14,16H2,(H,27,30). The topological polar surface area (TPSA) is 59.4 Å². The second-order valence-corrected chi connectivity index (χ2v) is 8.09. The Hall–Kier alpha value is -3.06. The Morgan fingerprint density at radius 1 is 1.23 bits per heavy atom. The van der Waals surface area contributed by atoms with Gasteiger partial charge in [-0.25, -0.2) is 9.18 Å². The molecule has 0 spiro atoms. The fourth-order valence-corrected chi connectivity index (χ4v) is 3.84. The van der Waals surface area contributed by atoms with Gasteiger partial charge < -0.3 is 15.0 Å². The molecule has 31 heavy (non-hydrogen) atoms. The summed E-state index contributed by atoms with van der Waals surface area (Å²) < 4.78 is 20.6. The zero-order valence-corrected chi connectivity index (χ0v) is 17.8. The van der Waals surface area contributed by atoms with Crippen molar-refractivity contribution in [2.45, 2.75) is 19.4 Å². The van der Waals surface area contributed by atoms with E-state index < -0.39 is 0 Å². The molecule has 0 saturated carbocycles. The molecule has 0 radical (unpaired) electrons. The molecule has 1 N–H and O–H groups in total. The van der Waals surface area contributed by atoms with Gasteiger partial charge in [0.1, 0.15) is 11.6 Å². The summed E-state index contributed by atoms with van der Waals surface area (Å²) in [6.45, 7) is 2.35. The van der Waals surface area contributed by atoms with Gasteiger partial charge in [0.05, 0.1) is 30.1 Å². The van der Waals surface area contributed by atoms with Crippen molar-refractivity contribution in [1.82, 2.24) is 14.7 Å². The molecule has 1 atom stereocenters. The number of carbonyl (C=O) groups excluding carboxylic acids is 1. The number of anilines is 1. The lowest BCUT2D eigenvalue weighted by atomic mass is 9.99. The Kier molecular flexibility index (Phi) is 6.72. The number of carbonyl (C=O) groups is 1. The molecule has 1 aromatic heterocycles. The van der Waals surface area contributed by atoms with Gasteiger partial charge >= 0.3 is 6.03 Å². The number of ether oxygens (including phenoxy) is 1. The maximum atomic E-state index is 13.0. The normalized spacial score (nSPS) is 16.2. The van der Waals surface area contributed by atoms with Crippen LogP contribution in [0.4, 0.5) is 14.9 Å².